The zero-order valence-corrected chi connectivity index (χ0v) is 24.8. The van der Waals surface area contributed by atoms with Crippen LogP contribution in [-0.4, -0.2) is 29.8 Å². The summed E-state index contributed by atoms with van der Waals surface area (Å²) in [4.78, 5) is 0. The van der Waals surface area contributed by atoms with Crippen LogP contribution in [0.1, 0.15) is 98.3 Å². The molecular weight excluding hydrogens is 459 g/mol. The summed E-state index contributed by atoms with van der Waals surface area (Å²) in [5.74, 6) is 1.96. The Kier molecular flexibility index (Phi) is 10.7. The van der Waals surface area contributed by atoms with Crippen LogP contribution < -0.4 is 29.6 Å². The van der Waals surface area contributed by atoms with Crippen molar-refractivity contribution in [1.29, 1.82) is 0 Å². The largest absolute Gasteiger partial charge is 1.00 e. The summed E-state index contributed by atoms with van der Waals surface area (Å²) >= 11 is 0. The molecule has 0 saturated heterocycles. The van der Waals surface area contributed by atoms with Gasteiger partial charge in [-0.15, -0.1) is 0 Å². The van der Waals surface area contributed by atoms with Crippen molar-refractivity contribution in [3.8, 4) is 0 Å². The van der Waals surface area contributed by atoms with Crippen molar-refractivity contribution in [1.82, 2.24) is 0 Å². The minimum atomic E-state index is -4.69. The minimum Gasteiger partial charge on any atom is -0.726 e. The molecule has 188 valence electrons. The first-order chi connectivity index (χ1) is 15.3. The molecule has 34 heavy (non-hydrogen) atoms. The maximum atomic E-state index is 11.0. The van der Waals surface area contributed by atoms with E-state index in [2.05, 4.69) is 32.6 Å². The van der Waals surface area contributed by atoms with Crippen molar-refractivity contribution in [2.75, 3.05) is 0 Å². The topological polar surface area (TPSA) is 86.7 Å². The van der Waals surface area contributed by atoms with Crippen LogP contribution in [0.4, 0.5) is 0 Å². The van der Waals surface area contributed by atoms with Crippen molar-refractivity contribution < 1.29 is 51.8 Å². The molecule has 5 atom stereocenters. The Hall–Kier alpha value is 0.0500. The molecule has 0 aliphatic heterocycles. The number of aliphatic hydroxyl groups is 1. The summed E-state index contributed by atoms with van der Waals surface area (Å²) in [5, 5.41) is 10.1. The third-order valence-corrected chi connectivity index (χ3v) is 9.10. The summed E-state index contributed by atoms with van der Waals surface area (Å²) in [6, 6.07) is 0. The van der Waals surface area contributed by atoms with E-state index in [0.29, 0.717) is 42.4 Å². The minimum absolute atomic E-state index is 0. The second-order valence-electron chi connectivity index (χ2n) is 11.7. The molecule has 0 unspecified atom stereocenters. The van der Waals surface area contributed by atoms with E-state index >= 15 is 0 Å². The van der Waals surface area contributed by atoms with Gasteiger partial charge in [-0.1, -0.05) is 56.6 Å². The molecule has 5 nitrogen and oxygen atoms in total. The molecule has 3 aliphatic carbocycles. The average molecular weight is 503 g/mol. The predicted octanol–water partition coefficient (Wildman–Crippen LogP) is 3.22. The van der Waals surface area contributed by atoms with Gasteiger partial charge in [-0.05, 0) is 94.0 Å². The van der Waals surface area contributed by atoms with Crippen molar-refractivity contribution in [3.05, 3.63) is 35.5 Å². The first-order valence-corrected chi connectivity index (χ1v) is 14.1. The monoisotopic (exact) mass is 502 g/mol. The number of rotatable bonds is 8. The molecule has 0 heterocycles. The van der Waals surface area contributed by atoms with E-state index < -0.39 is 22.1 Å². The molecule has 3 aliphatic rings. The molecular formula is C27H43NaO5S. The van der Waals surface area contributed by atoms with Gasteiger partial charge in [0, 0.05) is 6.42 Å². The van der Waals surface area contributed by atoms with Crippen molar-refractivity contribution in [2.45, 2.75) is 110 Å². The van der Waals surface area contributed by atoms with Crippen molar-refractivity contribution in [3.63, 3.8) is 0 Å². The van der Waals surface area contributed by atoms with Gasteiger partial charge < -0.3 is 9.66 Å². The predicted molar refractivity (Wildman–Crippen MR) is 131 cm³/mol. The Morgan fingerprint density at radius 3 is 2.62 bits per heavy atom. The molecule has 0 spiro atoms. The van der Waals surface area contributed by atoms with Crippen LogP contribution >= 0.6 is 0 Å². The molecule has 3 rings (SSSR count). The molecule has 0 aromatic carbocycles. The average Bonchev–Trinajstić information content (AvgIpc) is 3.03. The third kappa shape index (κ3) is 8.03. The SMILES string of the molecule is C=C1CC[C@H](OS(=O)(=O)[O-])C/C1=C/C=C1\CCC[C@]2(C)[C@@H]([C@H](C)CCCC(C)(C)O)CC[C@@H]12.[Na+]. The van der Waals surface area contributed by atoms with Crippen molar-refractivity contribution >= 4 is 10.4 Å². The Balaban J connectivity index is 0.00000408. The van der Waals surface area contributed by atoms with Gasteiger partial charge in [0.25, 0.3) is 0 Å². The number of allylic oxidation sites excluding steroid dienone is 4. The Morgan fingerprint density at radius 2 is 1.97 bits per heavy atom. The van der Waals surface area contributed by atoms with Crippen LogP contribution in [-0.2, 0) is 14.6 Å². The van der Waals surface area contributed by atoms with Crippen LogP contribution in [0.25, 0.3) is 0 Å². The molecule has 0 bridgehead atoms. The first kappa shape index (κ1) is 30.3. The summed E-state index contributed by atoms with van der Waals surface area (Å²) in [5.41, 5.74) is 3.27. The maximum absolute atomic E-state index is 11.0. The fraction of sp³-hybridized carbons (Fsp3) is 0.778. The standard InChI is InChI=1S/C27H44O5S.Na/c1-19-10-13-23(32-33(29,30)31)18-22(19)12-11-21-9-7-17-27(5)24(14-15-25(21)27)20(2)8-6-16-26(3,4)28;/h11-12,20,23-25,28H,1,6-10,13-18H2,2-5H3,(H,29,30,31);/q;+1/p-1/b21-11+,22-12-;/t20-,23+,24-,25+,27-;/m1./s1. The molecule has 0 aromatic rings. The molecule has 0 aromatic heterocycles. The Labute approximate surface area is 229 Å². The third-order valence-electron chi connectivity index (χ3n) is 8.60. The van der Waals surface area contributed by atoms with E-state index in [-0.39, 0.29) is 29.6 Å². The van der Waals surface area contributed by atoms with Gasteiger partial charge >= 0.3 is 29.6 Å². The van der Waals surface area contributed by atoms with Gasteiger partial charge in [-0.2, -0.15) is 0 Å². The summed E-state index contributed by atoms with van der Waals surface area (Å²) in [6.07, 6.45) is 14.6. The van der Waals surface area contributed by atoms with E-state index in [4.69, 9.17) is 4.18 Å². The smallest absolute Gasteiger partial charge is 0.726 e. The van der Waals surface area contributed by atoms with Gasteiger partial charge in [0.1, 0.15) is 0 Å². The van der Waals surface area contributed by atoms with Crippen LogP contribution in [0.3, 0.4) is 0 Å². The molecule has 7 heteroatoms. The summed E-state index contributed by atoms with van der Waals surface area (Å²) in [6.45, 7) is 12.8. The fourth-order valence-electron chi connectivity index (χ4n) is 6.90. The molecule has 0 radical (unpaired) electrons. The molecule has 3 saturated carbocycles. The summed E-state index contributed by atoms with van der Waals surface area (Å²) < 4.78 is 37.8. The van der Waals surface area contributed by atoms with E-state index in [9.17, 15) is 18.1 Å². The van der Waals surface area contributed by atoms with E-state index in [1.165, 1.54) is 37.7 Å². The number of hydrogen-bond acceptors (Lipinski definition) is 5. The second-order valence-corrected chi connectivity index (χ2v) is 12.7. The molecule has 0 amide bonds. The van der Waals surface area contributed by atoms with Crippen molar-refractivity contribution in [2.24, 2.45) is 23.2 Å². The Bertz CT molecular complexity index is 885. The van der Waals surface area contributed by atoms with Crippen LogP contribution in [0.2, 0.25) is 0 Å². The molecule has 1 N–H and O–H groups in total. The normalized spacial score (nSPS) is 33.6. The van der Waals surface area contributed by atoms with Crippen LogP contribution in [0.5, 0.6) is 0 Å². The zero-order valence-electron chi connectivity index (χ0n) is 21.9. The zero-order chi connectivity index (χ0) is 24.4. The Morgan fingerprint density at radius 1 is 1.26 bits per heavy atom. The maximum Gasteiger partial charge on any atom is 1.00 e. The fourth-order valence-corrected chi connectivity index (χ4v) is 7.40. The second kappa shape index (κ2) is 12.1. The van der Waals surface area contributed by atoms with Gasteiger partial charge in [-0.3, -0.25) is 4.18 Å². The van der Waals surface area contributed by atoms with Gasteiger partial charge in [0.15, 0.2) is 0 Å². The van der Waals surface area contributed by atoms with E-state index in [1.54, 1.807) is 0 Å². The van der Waals surface area contributed by atoms with Crippen LogP contribution in [0, 0.1) is 23.2 Å². The molecule has 3 fully saturated rings. The number of hydrogen-bond donors (Lipinski definition) is 1. The van der Waals surface area contributed by atoms with Gasteiger partial charge in [0.2, 0.25) is 10.4 Å². The number of fused-ring (bicyclic) bond motifs is 1. The van der Waals surface area contributed by atoms with E-state index in [0.717, 1.165) is 30.4 Å². The summed E-state index contributed by atoms with van der Waals surface area (Å²) in [7, 11) is -4.69. The van der Waals surface area contributed by atoms with Crippen LogP contribution in [0.15, 0.2) is 35.5 Å². The van der Waals surface area contributed by atoms with Gasteiger partial charge in [-0.25, -0.2) is 8.42 Å². The van der Waals surface area contributed by atoms with E-state index in [1.807, 2.05) is 13.8 Å². The first-order valence-electron chi connectivity index (χ1n) is 12.7. The quantitative estimate of drug-likeness (QED) is 0.313. The van der Waals surface area contributed by atoms with Gasteiger partial charge in [0.05, 0.1) is 11.7 Å².